The summed E-state index contributed by atoms with van der Waals surface area (Å²) in [5.41, 5.74) is 1.20. The highest BCUT2D eigenvalue weighted by Crippen LogP contribution is 2.26. The molecule has 2 aromatic rings. The minimum atomic E-state index is 0.264. The van der Waals surface area contributed by atoms with E-state index in [4.69, 9.17) is 9.47 Å². The van der Waals surface area contributed by atoms with E-state index < -0.39 is 0 Å². The van der Waals surface area contributed by atoms with Gasteiger partial charge in [0.25, 0.3) is 0 Å². The van der Waals surface area contributed by atoms with Crippen LogP contribution in [-0.4, -0.2) is 49.4 Å². The Kier molecular flexibility index (Phi) is 3.44. The summed E-state index contributed by atoms with van der Waals surface area (Å²) in [5.74, 6) is 0.929. The maximum Gasteiger partial charge on any atom is 0.128 e. The molecule has 4 heteroatoms. The molecule has 2 heterocycles. The van der Waals surface area contributed by atoms with E-state index in [1.165, 1.54) is 5.52 Å². The molecule has 19 heavy (non-hydrogen) atoms. The number of aromatic nitrogens is 1. The molecule has 0 amide bonds. The van der Waals surface area contributed by atoms with Gasteiger partial charge in [0, 0.05) is 24.7 Å². The molecule has 1 aliphatic heterocycles. The van der Waals surface area contributed by atoms with Crippen LogP contribution in [0.1, 0.15) is 0 Å². The van der Waals surface area contributed by atoms with Crippen molar-refractivity contribution in [3.63, 3.8) is 0 Å². The van der Waals surface area contributed by atoms with Gasteiger partial charge >= 0.3 is 0 Å². The first-order valence-corrected chi connectivity index (χ1v) is 6.70. The fourth-order valence-corrected chi connectivity index (χ4v) is 2.73. The second-order valence-electron chi connectivity index (χ2n) is 5.12. The van der Waals surface area contributed by atoms with Crippen LogP contribution in [0.2, 0.25) is 0 Å². The zero-order chi connectivity index (χ0) is 13.2. The van der Waals surface area contributed by atoms with Gasteiger partial charge in [0.1, 0.15) is 5.75 Å². The molecule has 0 bridgehead atoms. The van der Waals surface area contributed by atoms with Crippen LogP contribution in [0.15, 0.2) is 30.5 Å². The standard InChI is InChI=1S/C15H20N2O2/c1-16-8-9-19-12(10-16)11-17-7-6-13-14(17)4-3-5-15(13)18-2/h3-7,12H,8-11H2,1-2H3. The van der Waals surface area contributed by atoms with Crippen molar-refractivity contribution in [2.45, 2.75) is 12.6 Å². The summed E-state index contributed by atoms with van der Waals surface area (Å²) in [7, 11) is 3.86. The lowest BCUT2D eigenvalue weighted by molar-refractivity contribution is -0.0269. The third-order valence-corrected chi connectivity index (χ3v) is 3.74. The van der Waals surface area contributed by atoms with Crippen LogP contribution in [0.5, 0.6) is 5.75 Å². The molecular formula is C15H20N2O2. The number of fused-ring (bicyclic) bond motifs is 1. The van der Waals surface area contributed by atoms with E-state index in [-0.39, 0.29) is 6.10 Å². The SMILES string of the molecule is COc1cccc2c1ccn2CC1CN(C)CCO1. The normalized spacial score (nSPS) is 20.8. The van der Waals surface area contributed by atoms with Gasteiger partial charge in [-0.25, -0.2) is 0 Å². The van der Waals surface area contributed by atoms with E-state index in [9.17, 15) is 0 Å². The first-order chi connectivity index (χ1) is 9.28. The molecule has 1 saturated heterocycles. The van der Waals surface area contributed by atoms with Gasteiger partial charge in [-0.1, -0.05) is 6.07 Å². The first-order valence-electron chi connectivity index (χ1n) is 6.70. The van der Waals surface area contributed by atoms with Crippen molar-refractivity contribution in [2.24, 2.45) is 0 Å². The summed E-state index contributed by atoms with van der Waals surface area (Å²) in [6, 6.07) is 8.27. The Hall–Kier alpha value is -1.52. The molecule has 0 aliphatic carbocycles. The monoisotopic (exact) mass is 260 g/mol. The minimum Gasteiger partial charge on any atom is -0.496 e. The molecule has 1 aromatic heterocycles. The number of methoxy groups -OCH3 is 1. The summed E-state index contributed by atoms with van der Waals surface area (Å²) >= 11 is 0. The van der Waals surface area contributed by atoms with Crippen molar-refractivity contribution >= 4 is 10.9 Å². The highest BCUT2D eigenvalue weighted by Gasteiger charge is 2.18. The van der Waals surface area contributed by atoms with Gasteiger partial charge < -0.3 is 18.9 Å². The van der Waals surface area contributed by atoms with Crippen molar-refractivity contribution in [2.75, 3.05) is 33.9 Å². The largest absolute Gasteiger partial charge is 0.496 e. The third-order valence-electron chi connectivity index (χ3n) is 3.74. The van der Waals surface area contributed by atoms with Gasteiger partial charge in [0.2, 0.25) is 0 Å². The third kappa shape index (κ3) is 2.46. The van der Waals surface area contributed by atoms with E-state index in [0.717, 1.165) is 37.4 Å². The Balaban J connectivity index is 1.85. The van der Waals surface area contributed by atoms with E-state index in [0.29, 0.717) is 0 Å². The number of likely N-dealkylation sites (N-methyl/N-ethyl adjacent to an activating group) is 1. The number of ether oxygens (including phenoxy) is 2. The molecule has 1 aromatic carbocycles. The summed E-state index contributed by atoms with van der Waals surface area (Å²) in [6.07, 6.45) is 2.38. The molecule has 0 saturated carbocycles. The van der Waals surface area contributed by atoms with Gasteiger partial charge in [0.15, 0.2) is 0 Å². The van der Waals surface area contributed by atoms with Crippen molar-refractivity contribution in [3.8, 4) is 5.75 Å². The Bertz CT molecular complexity index is 564. The molecule has 1 aliphatic rings. The Morgan fingerprint density at radius 3 is 3.05 bits per heavy atom. The van der Waals surface area contributed by atoms with Gasteiger partial charge in [-0.05, 0) is 25.2 Å². The molecule has 4 nitrogen and oxygen atoms in total. The lowest BCUT2D eigenvalue weighted by Crippen LogP contribution is -2.41. The highest BCUT2D eigenvalue weighted by atomic mass is 16.5. The molecule has 0 spiro atoms. The van der Waals surface area contributed by atoms with Crippen molar-refractivity contribution < 1.29 is 9.47 Å². The Morgan fingerprint density at radius 1 is 1.37 bits per heavy atom. The van der Waals surface area contributed by atoms with Crippen LogP contribution in [0.3, 0.4) is 0 Å². The number of nitrogens with zero attached hydrogens (tertiary/aromatic N) is 2. The quantitative estimate of drug-likeness (QED) is 0.844. The second kappa shape index (κ2) is 5.23. The first kappa shape index (κ1) is 12.5. The Morgan fingerprint density at radius 2 is 2.26 bits per heavy atom. The number of morpholine rings is 1. The smallest absolute Gasteiger partial charge is 0.128 e. The van der Waals surface area contributed by atoms with Crippen molar-refractivity contribution in [1.82, 2.24) is 9.47 Å². The van der Waals surface area contributed by atoms with Crippen molar-refractivity contribution in [1.29, 1.82) is 0 Å². The fourth-order valence-electron chi connectivity index (χ4n) is 2.73. The van der Waals surface area contributed by atoms with Crippen LogP contribution in [0.25, 0.3) is 10.9 Å². The van der Waals surface area contributed by atoms with Crippen LogP contribution >= 0.6 is 0 Å². The number of benzene rings is 1. The summed E-state index contributed by atoms with van der Waals surface area (Å²) in [4.78, 5) is 2.32. The van der Waals surface area contributed by atoms with Crippen LogP contribution < -0.4 is 4.74 Å². The van der Waals surface area contributed by atoms with Gasteiger partial charge in [-0.2, -0.15) is 0 Å². The molecule has 1 atom stereocenters. The Labute approximate surface area is 113 Å². The highest BCUT2D eigenvalue weighted by molar-refractivity contribution is 5.86. The summed E-state index contributed by atoms with van der Waals surface area (Å²) in [5, 5.41) is 1.16. The molecule has 1 unspecified atom stereocenters. The molecule has 3 rings (SSSR count). The lowest BCUT2D eigenvalue weighted by atomic mass is 10.2. The maximum atomic E-state index is 5.83. The topological polar surface area (TPSA) is 26.6 Å². The number of hydrogen-bond donors (Lipinski definition) is 0. The van der Waals surface area contributed by atoms with E-state index in [2.05, 4.69) is 34.8 Å². The molecule has 0 radical (unpaired) electrons. The molecular weight excluding hydrogens is 240 g/mol. The average Bonchev–Trinajstić information content (AvgIpc) is 2.82. The second-order valence-corrected chi connectivity index (χ2v) is 5.12. The van der Waals surface area contributed by atoms with Crippen LogP contribution in [0, 0.1) is 0 Å². The summed E-state index contributed by atoms with van der Waals surface area (Å²) < 4.78 is 13.5. The summed E-state index contributed by atoms with van der Waals surface area (Å²) in [6.45, 7) is 3.73. The van der Waals surface area contributed by atoms with E-state index in [1.54, 1.807) is 7.11 Å². The molecule has 1 fully saturated rings. The van der Waals surface area contributed by atoms with Gasteiger partial charge in [-0.3, -0.25) is 0 Å². The van der Waals surface area contributed by atoms with E-state index in [1.807, 2.05) is 12.1 Å². The van der Waals surface area contributed by atoms with Crippen LogP contribution in [-0.2, 0) is 11.3 Å². The zero-order valence-corrected chi connectivity index (χ0v) is 11.5. The molecule has 0 N–H and O–H groups in total. The average molecular weight is 260 g/mol. The van der Waals surface area contributed by atoms with Gasteiger partial charge in [-0.15, -0.1) is 0 Å². The van der Waals surface area contributed by atoms with Crippen molar-refractivity contribution in [3.05, 3.63) is 30.5 Å². The maximum absolute atomic E-state index is 5.83. The van der Waals surface area contributed by atoms with Crippen LogP contribution in [0.4, 0.5) is 0 Å². The fraction of sp³-hybridized carbons (Fsp3) is 0.467. The van der Waals surface area contributed by atoms with E-state index >= 15 is 0 Å². The number of rotatable bonds is 3. The lowest BCUT2D eigenvalue weighted by Gasteiger charge is -2.30. The predicted molar refractivity (Wildman–Crippen MR) is 75.7 cm³/mol. The molecule has 102 valence electrons. The minimum absolute atomic E-state index is 0.264. The van der Waals surface area contributed by atoms with Gasteiger partial charge in [0.05, 0.1) is 31.9 Å². The predicted octanol–water partition coefficient (Wildman–Crippen LogP) is 1.98. The number of hydrogen-bond acceptors (Lipinski definition) is 3. The zero-order valence-electron chi connectivity index (χ0n) is 11.5.